The zero-order valence-electron chi connectivity index (χ0n) is 17.8. The summed E-state index contributed by atoms with van der Waals surface area (Å²) in [5.74, 6) is 1.75. The van der Waals surface area contributed by atoms with E-state index in [1.54, 1.807) is 25.3 Å². The minimum absolute atomic E-state index is 0.151. The van der Waals surface area contributed by atoms with Gasteiger partial charge in [-0.1, -0.05) is 6.07 Å². The lowest BCUT2D eigenvalue weighted by Gasteiger charge is -2.06. The van der Waals surface area contributed by atoms with Gasteiger partial charge in [-0.15, -0.1) is 0 Å². The molecule has 0 N–H and O–H groups in total. The largest absolute Gasteiger partial charge is 0.497 e. The highest BCUT2D eigenvalue weighted by Gasteiger charge is 2.15. The Morgan fingerprint density at radius 2 is 1.88 bits per heavy atom. The van der Waals surface area contributed by atoms with Gasteiger partial charge in [-0.25, -0.2) is 14.6 Å². The van der Waals surface area contributed by atoms with Gasteiger partial charge in [0.25, 0.3) is 0 Å². The van der Waals surface area contributed by atoms with E-state index in [0.717, 1.165) is 17.0 Å². The van der Waals surface area contributed by atoms with Crippen molar-refractivity contribution < 1.29 is 27.8 Å². The van der Waals surface area contributed by atoms with Crippen LogP contribution in [-0.2, 0) is 11.2 Å². The maximum atomic E-state index is 12.0. The Hall–Kier alpha value is -4.07. The van der Waals surface area contributed by atoms with Crippen molar-refractivity contribution in [2.24, 2.45) is 0 Å². The Labute approximate surface area is 183 Å². The maximum Gasteiger partial charge on any atom is 0.351 e. The molecule has 32 heavy (non-hydrogen) atoms. The number of fused-ring (bicyclic) bond motifs is 1. The van der Waals surface area contributed by atoms with Gasteiger partial charge in [0.15, 0.2) is 0 Å². The van der Waals surface area contributed by atoms with Crippen molar-refractivity contribution in [1.82, 2.24) is 4.98 Å². The molecule has 0 fully saturated rings. The smallest absolute Gasteiger partial charge is 0.351 e. The van der Waals surface area contributed by atoms with E-state index in [-0.39, 0.29) is 5.56 Å². The number of benzene rings is 2. The summed E-state index contributed by atoms with van der Waals surface area (Å²) in [7, 11) is 2.82. The van der Waals surface area contributed by atoms with Crippen molar-refractivity contribution in [2.75, 3.05) is 20.8 Å². The van der Waals surface area contributed by atoms with Gasteiger partial charge in [0, 0.05) is 23.4 Å². The summed E-state index contributed by atoms with van der Waals surface area (Å²) in [4.78, 5) is 28.2. The number of carbonyl (C=O) groups is 1. The molecule has 0 amide bonds. The van der Waals surface area contributed by atoms with Crippen LogP contribution in [0.5, 0.6) is 11.5 Å². The van der Waals surface area contributed by atoms with E-state index in [1.807, 2.05) is 31.2 Å². The molecule has 0 aliphatic carbocycles. The molecule has 164 valence electrons. The van der Waals surface area contributed by atoms with Crippen molar-refractivity contribution in [2.45, 2.75) is 13.3 Å². The van der Waals surface area contributed by atoms with Crippen molar-refractivity contribution in [1.29, 1.82) is 0 Å². The number of nitrogens with zero attached hydrogens (tertiary/aromatic N) is 1. The number of aryl methyl sites for hydroxylation is 1. The normalized spacial score (nSPS) is 10.8. The first kappa shape index (κ1) is 21.2. The standard InChI is InChI=1S/C24H21NO7/c1-14-20(25-22(31-14)16-5-4-6-17(11-16)28-2)9-10-30-18-8-7-15-12-19(23(26)29-3)24(27)32-21(15)13-18/h4-8,11-13H,9-10H2,1-3H3. The van der Waals surface area contributed by atoms with E-state index in [0.29, 0.717) is 41.4 Å². The zero-order chi connectivity index (χ0) is 22.7. The van der Waals surface area contributed by atoms with Crippen LogP contribution in [0.15, 0.2) is 62.2 Å². The van der Waals surface area contributed by atoms with Crippen LogP contribution in [-0.4, -0.2) is 31.8 Å². The Balaban J connectivity index is 1.46. The lowest BCUT2D eigenvalue weighted by molar-refractivity contribution is 0.0596. The van der Waals surface area contributed by atoms with E-state index in [1.165, 1.54) is 13.2 Å². The van der Waals surface area contributed by atoms with Crippen LogP contribution < -0.4 is 15.1 Å². The van der Waals surface area contributed by atoms with Gasteiger partial charge in [0.1, 0.15) is 28.4 Å². The summed E-state index contributed by atoms with van der Waals surface area (Å²) in [5, 5.41) is 0.590. The van der Waals surface area contributed by atoms with E-state index in [4.69, 9.17) is 18.3 Å². The number of ether oxygens (including phenoxy) is 3. The van der Waals surface area contributed by atoms with Crippen molar-refractivity contribution in [3.05, 3.63) is 76.0 Å². The summed E-state index contributed by atoms with van der Waals surface area (Å²) in [6, 6.07) is 14.0. The van der Waals surface area contributed by atoms with Gasteiger partial charge in [0.2, 0.25) is 5.89 Å². The van der Waals surface area contributed by atoms with Gasteiger partial charge in [-0.05, 0) is 43.3 Å². The van der Waals surface area contributed by atoms with Gasteiger partial charge < -0.3 is 23.0 Å². The molecule has 8 heteroatoms. The zero-order valence-corrected chi connectivity index (χ0v) is 17.8. The van der Waals surface area contributed by atoms with Crippen LogP contribution in [0.1, 0.15) is 21.8 Å². The first-order valence-electron chi connectivity index (χ1n) is 9.88. The highest BCUT2D eigenvalue weighted by Crippen LogP contribution is 2.26. The Kier molecular flexibility index (Phi) is 5.93. The second-order valence-electron chi connectivity index (χ2n) is 6.99. The summed E-state index contributed by atoms with van der Waals surface area (Å²) in [5.41, 5.74) is 1.03. The van der Waals surface area contributed by atoms with Crippen LogP contribution >= 0.6 is 0 Å². The predicted octanol–water partition coefficient (Wildman–Crippen LogP) is 4.17. The first-order valence-corrected chi connectivity index (χ1v) is 9.88. The molecule has 4 aromatic rings. The molecular formula is C24H21NO7. The number of hydrogen-bond donors (Lipinski definition) is 0. The summed E-state index contributed by atoms with van der Waals surface area (Å²) in [6.07, 6.45) is 0.530. The lowest BCUT2D eigenvalue weighted by Crippen LogP contribution is -2.14. The van der Waals surface area contributed by atoms with Gasteiger partial charge in [-0.3, -0.25) is 0 Å². The van der Waals surface area contributed by atoms with Crippen molar-refractivity contribution in [3.63, 3.8) is 0 Å². The molecule has 0 bridgehead atoms. The average molecular weight is 435 g/mol. The molecule has 2 heterocycles. The number of rotatable bonds is 7. The van der Waals surface area contributed by atoms with Crippen LogP contribution in [0.2, 0.25) is 0 Å². The number of methoxy groups -OCH3 is 2. The van der Waals surface area contributed by atoms with E-state index in [2.05, 4.69) is 9.72 Å². The van der Waals surface area contributed by atoms with E-state index < -0.39 is 11.6 Å². The molecule has 2 aromatic heterocycles. The summed E-state index contributed by atoms with van der Waals surface area (Å²) in [6.45, 7) is 2.20. The van der Waals surface area contributed by atoms with Crippen LogP contribution in [0.3, 0.4) is 0 Å². The monoisotopic (exact) mass is 435 g/mol. The predicted molar refractivity (Wildman–Crippen MR) is 116 cm³/mol. The number of esters is 1. The number of hydrogen-bond acceptors (Lipinski definition) is 8. The SMILES string of the molecule is COC(=O)c1cc2ccc(OCCc3nc(-c4cccc(OC)c4)oc3C)cc2oc1=O. The van der Waals surface area contributed by atoms with E-state index in [9.17, 15) is 9.59 Å². The number of aromatic nitrogens is 1. The molecule has 2 aromatic carbocycles. The van der Waals surface area contributed by atoms with Crippen LogP contribution in [0, 0.1) is 6.92 Å². The fourth-order valence-electron chi connectivity index (χ4n) is 3.24. The molecule has 0 saturated heterocycles. The molecule has 0 aliphatic rings. The van der Waals surface area contributed by atoms with Crippen molar-refractivity contribution in [3.8, 4) is 23.0 Å². The minimum atomic E-state index is -0.759. The minimum Gasteiger partial charge on any atom is -0.497 e. The first-order chi connectivity index (χ1) is 15.5. The molecule has 0 spiro atoms. The summed E-state index contributed by atoms with van der Waals surface area (Å²) < 4.78 is 26.7. The second-order valence-corrected chi connectivity index (χ2v) is 6.99. The van der Waals surface area contributed by atoms with Crippen LogP contribution in [0.25, 0.3) is 22.4 Å². The molecule has 0 unspecified atom stereocenters. The number of oxazole rings is 1. The second kappa shape index (κ2) is 8.97. The fraction of sp³-hybridized carbons (Fsp3) is 0.208. The molecule has 0 radical (unpaired) electrons. The Bertz CT molecular complexity index is 1340. The molecule has 0 atom stereocenters. The molecule has 0 saturated carbocycles. The van der Waals surface area contributed by atoms with Gasteiger partial charge in [0.05, 0.1) is 26.5 Å². The number of carbonyl (C=O) groups excluding carboxylic acids is 1. The molecule has 0 aliphatic heterocycles. The van der Waals surface area contributed by atoms with Gasteiger partial charge >= 0.3 is 11.6 Å². The maximum absolute atomic E-state index is 12.0. The summed E-state index contributed by atoms with van der Waals surface area (Å²) >= 11 is 0. The quantitative estimate of drug-likeness (QED) is 0.315. The highest BCUT2D eigenvalue weighted by atomic mass is 16.5. The Morgan fingerprint density at radius 1 is 1.03 bits per heavy atom. The fourth-order valence-corrected chi connectivity index (χ4v) is 3.24. The average Bonchev–Trinajstić information content (AvgIpc) is 3.18. The van der Waals surface area contributed by atoms with Crippen molar-refractivity contribution >= 4 is 16.9 Å². The molecule has 8 nitrogen and oxygen atoms in total. The third kappa shape index (κ3) is 4.34. The molecular weight excluding hydrogens is 414 g/mol. The van der Waals surface area contributed by atoms with Crippen LogP contribution in [0.4, 0.5) is 0 Å². The third-order valence-electron chi connectivity index (χ3n) is 4.93. The lowest BCUT2D eigenvalue weighted by atomic mass is 10.2. The topological polar surface area (TPSA) is 101 Å². The Morgan fingerprint density at radius 3 is 2.66 bits per heavy atom. The third-order valence-corrected chi connectivity index (χ3v) is 4.93. The highest BCUT2D eigenvalue weighted by molar-refractivity contribution is 5.92. The van der Waals surface area contributed by atoms with E-state index >= 15 is 0 Å². The molecule has 4 rings (SSSR count). The van der Waals surface area contributed by atoms with Gasteiger partial charge in [-0.2, -0.15) is 0 Å².